The molecule has 1 saturated carbocycles. The van der Waals surface area contributed by atoms with Gasteiger partial charge in [-0.2, -0.15) is 0 Å². The number of aliphatic hydroxyl groups excluding tert-OH is 1. The summed E-state index contributed by atoms with van der Waals surface area (Å²) in [4.78, 5) is 2.52. The normalized spacial score (nSPS) is 31.1. The minimum atomic E-state index is -0.120. The van der Waals surface area contributed by atoms with E-state index in [1.54, 1.807) is 0 Å². The largest absolute Gasteiger partial charge is 0.392 e. The lowest BCUT2D eigenvalue weighted by Crippen LogP contribution is -2.49. The van der Waals surface area contributed by atoms with Gasteiger partial charge in [-0.15, -0.1) is 0 Å². The van der Waals surface area contributed by atoms with Crippen LogP contribution in [0.25, 0.3) is 0 Å². The monoisotopic (exact) mass is 282 g/mol. The lowest BCUT2D eigenvalue weighted by atomic mass is 9.84. The van der Waals surface area contributed by atoms with E-state index in [9.17, 15) is 5.11 Å². The third-order valence-electron chi connectivity index (χ3n) is 5.28. The van der Waals surface area contributed by atoms with Crippen LogP contribution in [0.3, 0.4) is 0 Å². The molecule has 2 atom stereocenters. The number of rotatable bonds is 6. The van der Waals surface area contributed by atoms with Gasteiger partial charge >= 0.3 is 0 Å². The molecule has 1 aliphatic heterocycles. The summed E-state index contributed by atoms with van der Waals surface area (Å²) in [5.41, 5.74) is 0.467. The van der Waals surface area contributed by atoms with Gasteiger partial charge in [0.1, 0.15) is 0 Å². The summed E-state index contributed by atoms with van der Waals surface area (Å²) >= 11 is 0. The predicted molar refractivity (Wildman–Crippen MR) is 84.8 cm³/mol. The Morgan fingerprint density at radius 2 is 2.00 bits per heavy atom. The van der Waals surface area contributed by atoms with Crippen LogP contribution >= 0.6 is 0 Å². The first kappa shape index (κ1) is 16.3. The van der Waals surface area contributed by atoms with E-state index >= 15 is 0 Å². The summed E-state index contributed by atoms with van der Waals surface area (Å²) in [6, 6.07) is 0. The molecule has 0 bridgehead atoms. The highest BCUT2D eigenvalue weighted by Crippen LogP contribution is 2.39. The van der Waals surface area contributed by atoms with Crippen molar-refractivity contribution >= 4 is 0 Å². The fraction of sp³-hybridized carbons (Fsp3) is 1.00. The molecule has 2 fully saturated rings. The average molecular weight is 282 g/mol. The summed E-state index contributed by atoms with van der Waals surface area (Å²) in [5.74, 6) is 1.20. The van der Waals surface area contributed by atoms with Gasteiger partial charge in [-0.3, -0.25) is 0 Å². The van der Waals surface area contributed by atoms with Gasteiger partial charge in [0.25, 0.3) is 0 Å². The van der Waals surface area contributed by atoms with Crippen molar-refractivity contribution in [1.29, 1.82) is 0 Å². The van der Waals surface area contributed by atoms with Crippen LogP contribution < -0.4 is 5.32 Å². The van der Waals surface area contributed by atoms with E-state index in [0.29, 0.717) is 11.3 Å². The highest BCUT2D eigenvalue weighted by molar-refractivity contribution is 4.91. The minimum Gasteiger partial charge on any atom is -0.392 e. The Labute approximate surface area is 125 Å². The number of piperidine rings is 1. The Morgan fingerprint density at radius 1 is 1.30 bits per heavy atom. The fourth-order valence-corrected chi connectivity index (χ4v) is 3.87. The van der Waals surface area contributed by atoms with Crippen molar-refractivity contribution in [3.63, 3.8) is 0 Å². The molecule has 1 heterocycles. The zero-order chi connectivity index (χ0) is 14.6. The Kier molecular flexibility index (Phi) is 5.88. The first-order chi connectivity index (χ1) is 9.51. The van der Waals surface area contributed by atoms with E-state index in [2.05, 4.69) is 31.0 Å². The van der Waals surface area contributed by atoms with Crippen molar-refractivity contribution < 1.29 is 5.11 Å². The van der Waals surface area contributed by atoms with Crippen LogP contribution in [0.2, 0.25) is 0 Å². The molecule has 0 aromatic rings. The molecule has 0 radical (unpaired) electrons. The zero-order valence-corrected chi connectivity index (χ0v) is 13.7. The maximum atomic E-state index is 10.1. The Morgan fingerprint density at radius 3 is 2.60 bits per heavy atom. The third-order valence-corrected chi connectivity index (χ3v) is 5.28. The first-order valence-electron chi connectivity index (χ1n) is 8.62. The topological polar surface area (TPSA) is 35.5 Å². The number of nitrogens with zero attached hydrogens (tertiary/aromatic N) is 1. The summed E-state index contributed by atoms with van der Waals surface area (Å²) in [6.07, 6.45) is 6.52. The summed E-state index contributed by atoms with van der Waals surface area (Å²) in [7, 11) is 0. The van der Waals surface area contributed by atoms with Gasteiger partial charge in [-0.25, -0.2) is 0 Å². The van der Waals surface area contributed by atoms with Gasteiger partial charge < -0.3 is 15.3 Å². The van der Waals surface area contributed by atoms with Gasteiger partial charge in [0.15, 0.2) is 0 Å². The predicted octanol–water partition coefficient (Wildman–Crippen LogP) is 2.50. The van der Waals surface area contributed by atoms with Gasteiger partial charge in [-0.1, -0.05) is 33.6 Å². The smallest absolute Gasteiger partial charge is 0.0693 e. The van der Waals surface area contributed by atoms with Crippen LogP contribution in [0.4, 0.5) is 0 Å². The van der Waals surface area contributed by atoms with Gasteiger partial charge in [0, 0.05) is 19.6 Å². The molecule has 2 rings (SSSR count). The molecule has 2 aliphatic rings. The Hall–Kier alpha value is -0.120. The van der Waals surface area contributed by atoms with Gasteiger partial charge in [0.2, 0.25) is 0 Å². The van der Waals surface area contributed by atoms with Gasteiger partial charge in [-0.05, 0) is 49.6 Å². The van der Waals surface area contributed by atoms with Crippen molar-refractivity contribution in [2.75, 3.05) is 32.7 Å². The number of nitrogens with one attached hydrogen (secondary N) is 1. The van der Waals surface area contributed by atoms with E-state index in [4.69, 9.17) is 0 Å². The molecule has 0 spiro atoms. The van der Waals surface area contributed by atoms with Crippen molar-refractivity contribution in [1.82, 2.24) is 10.2 Å². The Bertz CT molecular complexity index is 287. The number of aliphatic hydroxyl groups is 1. The maximum Gasteiger partial charge on any atom is 0.0693 e. The summed E-state index contributed by atoms with van der Waals surface area (Å²) < 4.78 is 0. The molecule has 1 aliphatic carbocycles. The van der Waals surface area contributed by atoms with Crippen LogP contribution in [0.1, 0.15) is 52.9 Å². The minimum absolute atomic E-state index is 0.120. The number of hydrogen-bond acceptors (Lipinski definition) is 3. The van der Waals surface area contributed by atoms with Crippen molar-refractivity contribution in [2.24, 2.45) is 17.3 Å². The highest BCUT2D eigenvalue weighted by Gasteiger charge is 2.37. The number of hydrogen-bond donors (Lipinski definition) is 2. The lowest BCUT2D eigenvalue weighted by molar-refractivity contribution is 0.0102. The van der Waals surface area contributed by atoms with E-state index < -0.39 is 0 Å². The standard InChI is InChI=1S/C17H34N2O/c1-14(2)10-18-12-17(7-4-5-8-17)13-19-9-6-15(3)16(20)11-19/h14-16,18,20H,4-13H2,1-3H3. The maximum absolute atomic E-state index is 10.1. The average Bonchev–Trinajstić information content (AvgIpc) is 2.82. The quantitative estimate of drug-likeness (QED) is 0.786. The van der Waals surface area contributed by atoms with Gasteiger partial charge in [0.05, 0.1) is 6.10 Å². The lowest BCUT2D eigenvalue weighted by Gasteiger charge is -2.40. The van der Waals surface area contributed by atoms with E-state index in [-0.39, 0.29) is 6.10 Å². The molecule has 0 aromatic heterocycles. The van der Waals surface area contributed by atoms with Crippen LogP contribution in [-0.2, 0) is 0 Å². The molecule has 20 heavy (non-hydrogen) atoms. The molecular formula is C17H34N2O. The second-order valence-electron chi connectivity index (χ2n) is 7.80. The molecule has 118 valence electrons. The molecule has 1 saturated heterocycles. The molecule has 3 heteroatoms. The molecule has 0 amide bonds. The molecule has 2 N–H and O–H groups in total. The molecule has 0 aromatic carbocycles. The number of likely N-dealkylation sites (tertiary alicyclic amines) is 1. The SMILES string of the molecule is CC(C)CNCC1(CN2CCC(C)C(O)C2)CCCC1. The zero-order valence-electron chi connectivity index (χ0n) is 13.7. The summed E-state index contributed by atoms with van der Waals surface area (Å²) in [5, 5.41) is 13.8. The van der Waals surface area contributed by atoms with Crippen LogP contribution in [0, 0.1) is 17.3 Å². The van der Waals surface area contributed by atoms with E-state index in [1.165, 1.54) is 38.8 Å². The van der Waals surface area contributed by atoms with Crippen LogP contribution in [-0.4, -0.2) is 48.8 Å². The van der Waals surface area contributed by atoms with Crippen molar-refractivity contribution in [3.05, 3.63) is 0 Å². The fourth-order valence-electron chi connectivity index (χ4n) is 3.87. The second kappa shape index (κ2) is 7.24. The molecule has 2 unspecified atom stereocenters. The number of β-amino-alcohol motifs (C(OH)–C–C–N with tert-alkyl or cyclic N) is 1. The first-order valence-corrected chi connectivity index (χ1v) is 8.62. The third kappa shape index (κ3) is 4.44. The van der Waals surface area contributed by atoms with Crippen molar-refractivity contribution in [3.8, 4) is 0 Å². The second-order valence-corrected chi connectivity index (χ2v) is 7.80. The van der Waals surface area contributed by atoms with Crippen LogP contribution in [0.15, 0.2) is 0 Å². The highest BCUT2D eigenvalue weighted by atomic mass is 16.3. The van der Waals surface area contributed by atoms with E-state index in [0.717, 1.165) is 32.0 Å². The Balaban J connectivity index is 1.85. The molecule has 3 nitrogen and oxygen atoms in total. The van der Waals surface area contributed by atoms with Crippen molar-refractivity contribution in [2.45, 2.75) is 59.0 Å². The summed E-state index contributed by atoms with van der Waals surface area (Å²) in [6.45, 7) is 12.2. The van der Waals surface area contributed by atoms with E-state index in [1.807, 2.05) is 0 Å². The molecular weight excluding hydrogens is 248 g/mol. The van der Waals surface area contributed by atoms with Crippen LogP contribution in [0.5, 0.6) is 0 Å².